The van der Waals surface area contributed by atoms with Crippen LogP contribution in [-0.4, -0.2) is 40.8 Å². The summed E-state index contributed by atoms with van der Waals surface area (Å²) in [7, 11) is 0. The molecule has 5 nitrogen and oxygen atoms in total. The summed E-state index contributed by atoms with van der Waals surface area (Å²) in [5, 5.41) is 23.0. The lowest BCUT2D eigenvalue weighted by molar-refractivity contribution is 0.0157. The molecule has 148 valence electrons. The number of nitrogens with one attached hydrogen (secondary N) is 1. The van der Waals surface area contributed by atoms with E-state index in [9.17, 15) is 15.2 Å². The van der Waals surface area contributed by atoms with Crippen LogP contribution >= 0.6 is 0 Å². The minimum absolute atomic E-state index is 0.131. The Morgan fingerprint density at radius 3 is 2.68 bits per heavy atom. The largest absolute Gasteiger partial charge is 0.394 e. The maximum Gasteiger partial charge on any atom is 0.319 e. The van der Waals surface area contributed by atoms with Gasteiger partial charge < -0.3 is 15.3 Å². The van der Waals surface area contributed by atoms with Gasteiger partial charge in [0.05, 0.1) is 18.7 Å². The van der Waals surface area contributed by atoms with Crippen LogP contribution in [0.1, 0.15) is 68.4 Å². The third-order valence-electron chi connectivity index (χ3n) is 6.61. The van der Waals surface area contributed by atoms with E-state index in [4.69, 9.17) is 0 Å². The van der Waals surface area contributed by atoms with Crippen molar-refractivity contribution in [2.45, 2.75) is 75.4 Å². The zero-order valence-electron chi connectivity index (χ0n) is 16.3. The molecule has 2 amide bonds. The lowest BCUT2D eigenvalue weighted by Gasteiger charge is -2.52. The standard InChI is InChI=1S/C23H29N3O2/c24-14-20-22(19-13-7-6-12-18(19)16-8-2-1-3-9-16)21(15-27)26(20)23(28)25-17-10-4-5-11-17/h6-8,12-13,17,20-22,27H,1-5,9-11,15H2,(H,25,28)/t20-,21-,22-/m1/s1. The number of hydrogen-bond acceptors (Lipinski definition) is 3. The predicted octanol–water partition coefficient (Wildman–Crippen LogP) is 3.95. The summed E-state index contributed by atoms with van der Waals surface area (Å²) < 4.78 is 0. The summed E-state index contributed by atoms with van der Waals surface area (Å²) in [4.78, 5) is 14.4. The van der Waals surface area contributed by atoms with Gasteiger partial charge in [0.15, 0.2) is 0 Å². The van der Waals surface area contributed by atoms with Crippen molar-refractivity contribution in [3.8, 4) is 6.07 Å². The van der Waals surface area contributed by atoms with Crippen molar-refractivity contribution in [1.82, 2.24) is 10.2 Å². The molecule has 0 unspecified atom stereocenters. The number of benzene rings is 1. The Morgan fingerprint density at radius 2 is 2.00 bits per heavy atom. The van der Waals surface area contributed by atoms with E-state index in [1.54, 1.807) is 4.90 Å². The molecule has 0 bridgehead atoms. The highest BCUT2D eigenvalue weighted by Crippen LogP contribution is 2.44. The van der Waals surface area contributed by atoms with Crippen LogP contribution in [0.25, 0.3) is 5.57 Å². The molecule has 2 fully saturated rings. The van der Waals surface area contributed by atoms with Crippen LogP contribution in [0.15, 0.2) is 30.3 Å². The number of allylic oxidation sites excluding steroid dienone is 2. The van der Waals surface area contributed by atoms with Crippen LogP contribution in [0.2, 0.25) is 0 Å². The summed E-state index contributed by atoms with van der Waals surface area (Å²) in [6, 6.07) is 9.65. The first-order chi connectivity index (χ1) is 13.7. The number of urea groups is 1. The fourth-order valence-corrected chi connectivity index (χ4v) is 5.14. The van der Waals surface area contributed by atoms with E-state index in [1.165, 1.54) is 24.0 Å². The lowest BCUT2D eigenvalue weighted by atomic mass is 9.73. The number of carbonyl (C=O) groups excluding carboxylic acids is 1. The van der Waals surface area contributed by atoms with E-state index in [-0.39, 0.29) is 30.6 Å². The number of hydrogen-bond donors (Lipinski definition) is 2. The van der Waals surface area contributed by atoms with Crippen LogP contribution in [-0.2, 0) is 0 Å². The fourth-order valence-electron chi connectivity index (χ4n) is 5.14. The quantitative estimate of drug-likeness (QED) is 0.832. The van der Waals surface area contributed by atoms with Crippen molar-refractivity contribution < 1.29 is 9.90 Å². The van der Waals surface area contributed by atoms with Gasteiger partial charge in [-0.15, -0.1) is 0 Å². The second-order valence-electron chi connectivity index (χ2n) is 8.25. The van der Waals surface area contributed by atoms with Gasteiger partial charge in [-0.05, 0) is 55.2 Å². The van der Waals surface area contributed by atoms with Gasteiger partial charge in [-0.3, -0.25) is 0 Å². The van der Waals surface area contributed by atoms with Crippen molar-refractivity contribution in [3.63, 3.8) is 0 Å². The molecular formula is C23H29N3O2. The molecule has 1 aromatic carbocycles. The number of aliphatic hydroxyl groups is 1. The molecule has 0 aromatic heterocycles. The van der Waals surface area contributed by atoms with Gasteiger partial charge >= 0.3 is 6.03 Å². The molecule has 28 heavy (non-hydrogen) atoms. The van der Waals surface area contributed by atoms with Crippen molar-refractivity contribution in [1.29, 1.82) is 5.26 Å². The third-order valence-corrected chi connectivity index (χ3v) is 6.61. The Balaban J connectivity index is 1.59. The van der Waals surface area contributed by atoms with Crippen molar-refractivity contribution >= 4 is 11.6 Å². The Bertz CT molecular complexity index is 791. The van der Waals surface area contributed by atoms with Gasteiger partial charge in [0, 0.05) is 12.0 Å². The average molecular weight is 380 g/mol. The topological polar surface area (TPSA) is 76.4 Å². The highest BCUT2D eigenvalue weighted by atomic mass is 16.3. The van der Waals surface area contributed by atoms with Gasteiger partial charge in [-0.25, -0.2) is 4.79 Å². The molecule has 0 spiro atoms. The summed E-state index contributed by atoms with van der Waals surface area (Å²) in [6.45, 7) is -0.131. The third kappa shape index (κ3) is 3.42. The molecule has 1 aromatic rings. The summed E-state index contributed by atoms with van der Waals surface area (Å²) in [5.41, 5.74) is 3.61. The number of likely N-dealkylation sites (tertiary alicyclic amines) is 1. The van der Waals surface area contributed by atoms with Crippen molar-refractivity contribution in [2.24, 2.45) is 0 Å². The normalized spacial score (nSPS) is 27.6. The Kier molecular flexibility index (Phi) is 5.68. The predicted molar refractivity (Wildman–Crippen MR) is 109 cm³/mol. The lowest BCUT2D eigenvalue weighted by Crippen LogP contribution is -2.67. The molecule has 2 aliphatic carbocycles. The number of rotatable bonds is 4. The Morgan fingerprint density at radius 1 is 1.21 bits per heavy atom. The Labute approximate surface area is 167 Å². The number of aliphatic hydroxyl groups excluding tert-OH is 1. The number of carbonyl (C=O) groups is 1. The SMILES string of the molecule is N#C[C@@H]1[C@@H](c2ccccc2C2=CCCCC2)[C@@H](CO)N1C(=O)NC1CCCC1. The number of amides is 2. The molecule has 5 heteroatoms. The molecule has 3 atom stereocenters. The monoisotopic (exact) mass is 379 g/mol. The van der Waals surface area contributed by atoms with Crippen molar-refractivity contribution in [3.05, 3.63) is 41.5 Å². The van der Waals surface area contributed by atoms with Crippen LogP contribution in [0, 0.1) is 11.3 Å². The van der Waals surface area contributed by atoms with Gasteiger partial charge in [0.1, 0.15) is 6.04 Å². The van der Waals surface area contributed by atoms with E-state index in [1.807, 2.05) is 12.1 Å². The molecule has 2 N–H and O–H groups in total. The van der Waals surface area contributed by atoms with Crippen LogP contribution in [0.4, 0.5) is 4.79 Å². The first-order valence-corrected chi connectivity index (χ1v) is 10.6. The number of nitrogens with zero attached hydrogens (tertiary/aromatic N) is 2. The van der Waals surface area contributed by atoms with Crippen LogP contribution in [0.3, 0.4) is 0 Å². The van der Waals surface area contributed by atoms with E-state index >= 15 is 0 Å². The van der Waals surface area contributed by atoms with E-state index in [0.29, 0.717) is 0 Å². The maximum atomic E-state index is 12.8. The second kappa shape index (κ2) is 8.36. The summed E-state index contributed by atoms with van der Waals surface area (Å²) in [5.74, 6) is -0.150. The first-order valence-electron chi connectivity index (χ1n) is 10.6. The highest BCUT2D eigenvalue weighted by molar-refractivity contribution is 5.78. The minimum atomic E-state index is -0.538. The van der Waals surface area contributed by atoms with E-state index < -0.39 is 6.04 Å². The molecule has 1 saturated carbocycles. The summed E-state index contributed by atoms with van der Waals surface area (Å²) >= 11 is 0. The summed E-state index contributed by atoms with van der Waals surface area (Å²) in [6.07, 6.45) is 11.1. The van der Waals surface area contributed by atoms with Crippen LogP contribution in [0.5, 0.6) is 0 Å². The second-order valence-corrected chi connectivity index (χ2v) is 8.25. The number of nitriles is 1. The molecule has 4 rings (SSSR count). The molecule has 3 aliphatic rings. The average Bonchev–Trinajstić information content (AvgIpc) is 3.22. The molecule has 1 heterocycles. The Hall–Kier alpha value is -2.32. The first kappa shape index (κ1) is 19.0. The van der Waals surface area contributed by atoms with Crippen LogP contribution < -0.4 is 5.32 Å². The smallest absolute Gasteiger partial charge is 0.319 e. The molecular weight excluding hydrogens is 350 g/mol. The zero-order chi connectivity index (χ0) is 19.5. The highest BCUT2D eigenvalue weighted by Gasteiger charge is 2.52. The maximum absolute atomic E-state index is 12.8. The van der Waals surface area contributed by atoms with Gasteiger partial charge in [-0.2, -0.15) is 5.26 Å². The van der Waals surface area contributed by atoms with Gasteiger partial charge in [0.2, 0.25) is 0 Å². The minimum Gasteiger partial charge on any atom is -0.394 e. The van der Waals surface area contributed by atoms with E-state index in [2.05, 4.69) is 29.6 Å². The molecule has 1 aliphatic heterocycles. The van der Waals surface area contributed by atoms with E-state index in [0.717, 1.165) is 44.1 Å². The molecule has 1 saturated heterocycles. The fraction of sp³-hybridized carbons (Fsp3) is 0.565. The molecule has 0 radical (unpaired) electrons. The van der Waals surface area contributed by atoms with Gasteiger partial charge in [-0.1, -0.05) is 43.2 Å². The zero-order valence-corrected chi connectivity index (χ0v) is 16.3. The van der Waals surface area contributed by atoms with Gasteiger partial charge in [0.25, 0.3) is 0 Å². The van der Waals surface area contributed by atoms with Crippen molar-refractivity contribution in [2.75, 3.05) is 6.61 Å².